The SMILES string of the molecule is COc1ccc(/C(C)=N/OCc2nc3c4c5c(sc4ncn3n2)C(C)(C)NC(C)(C)C5)cc1. The van der Waals surface area contributed by atoms with Crippen LogP contribution in [0.3, 0.4) is 0 Å². The third-order valence-electron chi connectivity index (χ3n) is 5.91. The molecule has 8 nitrogen and oxygen atoms in total. The highest BCUT2D eigenvalue weighted by atomic mass is 32.1. The van der Waals surface area contributed by atoms with Crippen LogP contribution in [0.4, 0.5) is 0 Å². The van der Waals surface area contributed by atoms with Gasteiger partial charge in [-0.05, 0) is 76.4 Å². The summed E-state index contributed by atoms with van der Waals surface area (Å²) >= 11 is 1.74. The van der Waals surface area contributed by atoms with Gasteiger partial charge < -0.3 is 14.9 Å². The van der Waals surface area contributed by atoms with Crippen molar-refractivity contribution in [1.82, 2.24) is 24.9 Å². The maximum atomic E-state index is 5.58. The van der Waals surface area contributed by atoms with Crippen molar-refractivity contribution >= 4 is 32.9 Å². The molecule has 0 spiro atoms. The Hall–Kier alpha value is -3.04. The predicted octanol–water partition coefficient (Wildman–Crippen LogP) is 4.45. The third-order valence-corrected chi connectivity index (χ3v) is 7.38. The Bertz CT molecular complexity index is 1370. The predicted molar refractivity (Wildman–Crippen MR) is 130 cm³/mol. The topological polar surface area (TPSA) is 85.9 Å². The highest BCUT2D eigenvalue weighted by Gasteiger charge is 2.39. The summed E-state index contributed by atoms with van der Waals surface area (Å²) in [6, 6.07) is 7.69. The largest absolute Gasteiger partial charge is 0.497 e. The molecule has 0 radical (unpaired) electrons. The van der Waals surface area contributed by atoms with Crippen LogP contribution >= 0.6 is 11.3 Å². The fourth-order valence-electron chi connectivity index (χ4n) is 4.69. The van der Waals surface area contributed by atoms with E-state index < -0.39 is 0 Å². The van der Waals surface area contributed by atoms with E-state index in [0.29, 0.717) is 5.82 Å². The van der Waals surface area contributed by atoms with E-state index in [1.165, 1.54) is 10.4 Å². The zero-order chi connectivity index (χ0) is 23.4. The molecule has 1 aromatic carbocycles. The van der Waals surface area contributed by atoms with E-state index >= 15 is 0 Å². The number of hydrogen-bond donors (Lipinski definition) is 1. The zero-order valence-electron chi connectivity index (χ0n) is 19.8. The molecule has 0 unspecified atom stereocenters. The standard InChI is InChI=1S/C24H28N6O2S/c1-14(15-7-9-16(31-6)10-8-15)28-32-12-18-26-21-19-17-11-23(2,3)29-24(4,5)20(17)33-22(19)25-13-30(21)27-18/h7-10,13,29H,11-12H2,1-6H3/b28-14+. The molecule has 33 heavy (non-hydrogen) atoms. The van der Waals surface area contributed by atoms with Gasteiger partial charge in [0.15, 0.2) is 18.1 Å². The lowest BCUT2D eigenvalue weighted by atomic mass is 9.82. The molecular formula is C24H28N6O2S. The lowest BCUT2D eigenvalue weighted by Crippen LogP contribution is -2.54. The normalized spacial score (nSPS) is 17.3. The summed E-state index contributed by atoms with van der Waals surface area (Å²) in [5.74, 6) is 1.38. The van der Waals surface area contributed by atoms with Crippen molar-refractivity contribution in [3.8, 4) is 5.75 Å². The molecule has 9 heteroatoms. The highest BCUT2D eigenvalue weighted by molar-refractivity contribution is 7.19. The molecule has 1 aliphatic heterocycles. The first kappa shape index (κ1) is 21.8. The summed E-state index contributed by atoms with van der Waals surface area (Å²) in [6.45, 7) is 11.0. The van der Waals surface area contributed by atoms with Gasteiger partial charge in [0, 0.05) is 16.0 Å². The Labute approximate surface area is 196 Å². The first-order valence-corrected chi connectivity index (χ1v) is 11.7. The van der Waals surface area contributed by atoms with Crippen LogP contribution in [0.2, 0.25) is 0 Å². The van der Waals surface area contributed by atoms with Crippen LogP contribution in [-0.4, -0.2) is 37.9 Å². The van der Waals surface area contributed by atoms with Crippen LogP contribution < -0.4 is 10.1 Å². The van der Waals surface area contributed by atoms with E-state index in [0.717, 1.165) is 39.3 Å². The minimum atomic E-state index is -0.126. The van der Waals surface area contributed by atoms with Crippen LogP contribution in [-0.2, 0) is 23.4 Å². The molecule has 4 heterocycles. The smallest absolute Gasteiger partial charge is 0.192 e. The number of fused-ring (bicyclic) bond motifs is 5. The number of nitrogens with one attached hydrogen (secondary N) is 1. The molecule has 0 amide bonds. The van der Waals surface area contributed by atoms with Gasteiger partial charge in [-0.2, -0.15) is 0 Å². The summed E-state index contributed by atoms with van der Waals surface area (Å²) in [5.41, 5.74) is 3.73. The quantitative estimate of drug-likeness (QED) is 0.347. The number of hydrogen-bond acceptors (Lipinski definition) is 8. The molecule has 172 valence electrons. The molecule has 1 aliphatic rings. The van der Waals surface area contributed by atoms with Gasteiger partial charge in [0.05, 0.1) is 18.2 Å². The fraction of sp³-hybridized carbons (Fsp3) is 0.417. The number of rotatable bonds is 5. The summed E-state index contributed by atoms with van der Waals surface area (Å²) in [7, 11) is 1.65. The third kappa shape index (κ3) is 3.95. The second-order valence-corrected chi connectivity index (χ2v) is 10.6. The van der Waals surface area contributed by atoms with Gasteiger partial charge in [-0.25, -0.2) is 14.5 Å². The van der Waals surface area contributed by atoms with Gasteiger partial charge >= 0.3 is 0 Å². The van der Waals surface area contributed by atoms with E-state index in [1.807, 2.05) is 31.2 Å². The zero-order valence-corrected chi connectivity index (χ0v) is 20.6. The Balaban J connectivity index is 1.44. The lowest BCUT2D eigenvalue weighted by Gasteiger charge is -2.42. The van der Waals surface area contributed by atoms with Crippen molar-refractivity contribution < 1.29 is 9.57 Å². The summed E-state index contributed by atoms with van der Waals surface area (Å²) in [6.07, 6.45) is 2.64. The van der Waals surface area contributed by atoms with Crippen molar-refractivity contribution in [2.45, 2.75) is 58.7 Å². The average Bonchev–Trinajstić information content (AvgIpc) is 3.33. The van der Waals surface area contributed by atoms with Crippen molar-refractivity contribution in [3.63, 3.8) is 0 Å². The first-order chi connectivity index (χ1) is 15.7. The van der Waals surface area contributed by atoms with Crippen LogP contribution in [0, 0.1) is 0 Å². The molecule has 0 saturated carbocycles. The van der Waals surface area contributed by atoms with Crippen LogP contribution in [0.5, 0.6) is 5.75 Å². The summed E-state index contributed by atoms with van der Waals surface area (Å²) < 4.78 is 6.95. The fourth-order valence-corrected chi connectivity index (χ4v) is 5.91. The van der Waals surface area contributed by atoms with E-state index in [1.54, 1.807) is 29.3 Å². The maximum absolute atomic E-state index is 5.58. The molecular weight excluding hydrogens is 436 g/mol. The molecule has 0 atom stereocenters. The van der Waals surface area contributed by atoms with Crippen molar-refractivity contribution in [2.24, 2.45) is 5.16 Å². The number of nitrogens with zero attached hydrogens (tertiary/aromatic N) is 5. The molecule has 4 aromatic rings. The van der Waals surface area contributed by atoms with Crippen molar-refractivity contribution in [1.29, 1.82) is 0 Å². The van der Waals surface area contributed by atoms with E-state index in [4.69, 9.17) is 14.6 Å². The van der Waals surface area contributed by atoms with Crippen LogP contribution in [0.25, 0.3) is 15.9 Å². The molecule has 0 saturated heterocycles. The van der Waals surface area contributed by atoms with Gasteiger partial charge in [-0.1, -0.05) is 5.16 Å². The minimum absolute atomic E-state index is 0.0169. The molecule has 0 aliphatic carbocycles. The average molecular weight is 465 g/mol. The van der Waals surface area contributed by atoms with Crippen molar-refractivity contribution in [3.05, 3.63) is 52.4 Å². The second kappa shape index (κ2) is 7.78. The number of ether oxygens (including phenoxy) is 1. The lowest BCUT2D eigenvalue weighted by molar-refractivity contribution is 0.125. The molecule has 5 rings (SSSR count). The van der Waals surface area contributed by atoms with E-state index in [9.17, 15) is 0 Å². The molecule has 3 aromatic heterocycles. The van der Waals surface area contributed by atoms with Crippen LogP contribution in [0.1, 0.15) is 56.4 Å². The Morgan fingerprint density at radius 1 is 1.21 bits per heavy atom. The number of methoxy groups -OCH3 is 1. The minimum Gasteiger partial charge on any atom is -0.497 e. The van der Waals surface area contributed by atoms with E-state index in [2.05, 4.69) is 48.3 Å². The van der Waals surface area contributed by atoms with Gasteiger partial charge in [-0.3, -0.25) is 0 Å². The van der Waals surface area contributed by atoms with Crippen molar-refractivity contribution in [2.75, 3.05) is 7.11 Å². The maximum Gasteiger partial charge on any atom is 0.192 e. The van der Waals surface area contributed by atoms with Gasteiger partial charge in [-0.15, -0.1) is 16.4 Å². The second-order valence-electron chi connectivity index (χ2n) is 9.62. The Morgan fingerprint density at radius 2 is 1.97 bits per heavy atom. The van der Waals surface area contributed by atoms with Crippen LogP contribution in [0.15, 0.2) is 35.7 Å². The monoisotopic (exact) mass is 464 g/mol. The van der Waals surface area contributed by atoms with Gasteiger partial charge in [0.2, 0.25) is 0 Å². The summed E-state index contributed by atoms with van der Waals surface area (Å²) in [5, 5.41) is 13.7. The number of aromatic nitrogens is 4. The summed E-state index contributed by atoms with van der Waals surface area (Å²) in [4.78, 5) is 17.4. The Morgan fingerprint density at radius 3 is 2.70 bits per heavy atom. The highest BCUT2D eigenvalue weighted by Crippen LogP contribution is 2.44. The molecule has 0 bridgehead atoms. The Kier molecular flexibility index (Phi) is 5.13. The first-order valence-electron chi connectivity index (χ1n) is 10.9. The number of benzene rings is 1. The van der Waals surface area contributed by atoms with E-state index in [-0.39, 0.29) is 17.7 Å². The molecule has 0 fully saturated rings. The molecule has 1 N–H and O–H groups in total. The number of oxime groups is 1. The number of thiophene rings is 1. The van der Waals surface area contributed by atoms with Gasteiger partial charge in [0.25, 0.3) is 0 Å². The van der Waals surface area contributed by atoms with Gasteiger partial charge in [0.1, 0.15) is 16.9 Å².